The van der Waals surface area contributed by atoms with Gasteiger partial charge in [0.05, 0.1) is 13.2 Å². The van der Waals surface area contributed by atoms with Crippen LogP contribution in [0.3, 0.4) is 0 Å². The number of aryl methyl sites for hydroxylation is 1. The van der Waals surface area contributed by atoms with Crippen LogP contribution in [0.15, 0.2) is 6.07 Å². The molecule has 1 aromatic rings. The highest BCUT2D eigenvalue weighted by Crippen LogP contribution is 2.58. The first-order valence-electron chi connectivity index (χ1n) is 5.76. The van der Waals surface area contributed by atoms with E-state index in [0.29, 0.717) is 11.7 Å². The fourth-order valence-electron chi connectivity index (χ4n) is 3.08. The molecule has 3 heteroatoms. The lowest BCUT2D eigenvalue weighted by Crippen LogP contribution is -2.32. The van der Waals surface area contributed by atoms with E-state index in [4.69, 9.17) is 9.47 Å². The van der Waals surface area contributed by atoms with Gasteiger partial charge in [-0.2, -0.15) is 0 Å². The number of hydrogen-bond donors (Lipinski definition) is 1. The fourth-order valence-corrected chi connectivity index (χ4v) is 3.08. The molecule has 3 rings (SSSR count). The van der Waals surface area contributed by atoms with Gasteiger partial charge in [0, 0.05) is 18.1 Å². The SMILES string of the molecule is COc1c(O)cc(C)c2c1C1OCCCC21. The molecule has 2 unspecified atom stereocenters. The van der Waals surface area contributed by atoms with Crippen LogP contribution in [0, 0.1) is 6.92 Å². The molecule has 2 atom stereocenters. The van der Waals surface area contributed by atoms with E-state index in [-0.39, 0.29) is 11.9 Å². The largest absolute Gasteiger partial charge is 0.504 e. The Morgan fingerprint density at radius 3 is 3.00 bits per heavy atom. The van der Waals surface area contributed by atoms with Gasteiger partial charge in [0.2, 0.25) is 0 Å². The molecule has 1 aliphatic heterocycles. The second-order valence-corrected chi connectivity index (χ2v) is 4.61. The van der Waals surface area contributed by atoms with Crippen LogP contribution in [0.25, 0.3) is 0 Å². The van der Waals surface area contributed by atoms with Crippen molar-refractivity contribution in [3.63, 3.8) is 0 Å². The Labute approximate surface area is 95.0 Å². The summed E-state index contributed by atoms with van der Waals surface area (Å²) in [7, 11) is 1.60. The third kappa shape index (κ3) is 1.12. The first-order chi connectivity index (χ1) is 7.74. The van der Waals surface area contributed by atoms with Crippen molar-refractivity contribution in [3.05, 3.63) is 22.8 Å². The van der Waals surface area contributed by atoms with Crippen LogP contribution in [0.4, 0.5) is 0 Å². The van der Waals surface area contributed by atoms with Crippen molar-refractivity contribution in [2.75, 3.05) is 13.7 Å². The van der Waals surface area contributed by atoms with Gasteiger partial charge in [0.15, 0.2) is 11.5 Å². The first-order valence-corrected chi connectivity index (χ1v) is 5.76. The van der Waals surface area contributed by atoms with E-state index >= 15 is 0 Å². The molecule has 0 saturated carbocycles. The number of fused-ring (bicyclic) bond motifs is 4. The average Bonchev–Trinajstić information content (AvgIpc) is 2.25. The molecule has 1 aliphatic carbocycles. The molecule has 3 nitrogen and oxygen atoms in total. The Hall–Kier alpha value is -1.22. The van der Waals surface area contributed by atoms with Crippen LogP contribution in [0.5, 0.6) is 11.5 Å². The van der Waals surface area contributed by atoms with E-state index in [1.54, 1.807) is 13.2 Å². The molecule has 0 radical (unpaired) electrons. The molecule has 0 bridgehead atoms. The predicted octanol–water partition coefficient (Wildman–Crippen LogP) is 2.66. The van der Waals surface area contributed by atoms with Gasteiger partial charge in [-0.3, -0.25) is 0 Å². The summed E-state index contributed by atoms with van der Waals surface area (Å²) in [5, 5.41) is 9.84. The van der Waals surface area contributed by atoms with Crippen molar-refractivity contribution in [2.45, 2.75) is 31.8 Å². The first kappa shape index (κ1) is 9.97. The van der Waals surface area contributed by atoms with Crippen molar-refractivity contribution >= 4 is 0 Å². The van der Waals surface area contributed by atoms with Crippen LogP contribution in [-0.4, -0.2) is 18.8 Å². The number of methoxy groups -OCH3 is 1. The molecule has 1 aromatic carbocycles. The van der Waals surface area contributed by atoms with Crippen LogP contribution < -0.4 is 4.74 Å². The van der Waals surface area contributed by atoms with Crippen LogP contribution in [0.1, 0.15) is 41.6 Å². The van der Waals surface area contributed by atoms with Gasteiger partial charge in [-0.25, -0.2) is 0 Å². The number of ether oxygens (including phenoxy) is 2. The number of phenols is 1. The monoisotopic (exact) mass is 220 g/mol. The maximum Gasteiger partial charge on any atom is 0.166 e. The molecular formula is C13H16O3. The van der Waals surface area contributed by atoms with Crippen LogP contribution in [0.2, 0.25) is 0 Å². The minimum absolute atomic E-state index is 0.143. The highest BCUT2D eigenvalue weighted by Gasteiger charge is 2.44. The maximum absolute atomic E-state index is 9.84. The minimum atomic E-state index is 0.143. The highest BCUT2D eigenvalue weighted by atomic mass is 16.5. The molecule has 86 valence electrons. The smallest absolute Gasteiger partial charge is 0.166 e. The van der Waals surface area contributed by atoms with Gasteiger partial charge in [-0.05, 0) is 37.0 Å². The molecular weight excluding hydrogens is 204 g/mol. The molecule has 2 aliphatic rings. The number of hydrogen-bond acceptors (Lipinski definition) is 3. The number of phenolic OH excluding ortho intramolecular Hbond substituents is 1. The van der Waals surface area contributed by atoms with Gasteiger partial charge < -0.3 is 14.6 Å². The molecule has 1 saturated heterocycles. The van der Waals surface area contributed by atoms with Crippen molar-refractivity contribution in [1.29, 1.82) is 0 Å². The maximum atomic E-state index is 9.84. The Morgan fingerprint density at radius 1 is 1.44 bits per heavy atom. The number of rotatable bonds is 1. The zero-order valence-corrected chi connectivity index (χ0v) is 9.62. The van der Waals surface area contributed by atoms with E-state index < -0.39 is 0 Å². The lowest BCUT2D eigenvalue weighted by Gasteiger charge is -2.44. The zero-order chi connectivity index (χ0) is 11.3. The topological polar surface area (TPSA) is 38.7 Å². The summed E-state index contributed by atoms with van der Waals surface area (Å²) in [6.07, 6.45) is 2.46. The van der Waals surface area contributed by atoms with E-state index in [0.717, 1.165) is 24.2 Å². The third-order valence-corrected chi connectivity index (χ3v) is 3.73. The second kappa shape index (κ2) is 3.39. The van der Waals surface area contributed by atoms with Crippen LogP contribution in [-0.2, 0) is 4.74 Å². The summed E-state index contributed by atoms with van der Waals surface area (Å²) in [6.45, 7) is 2.86. The normalized spacial score (nSPS) is 26.6. The van der Waals surface area contributed by atoms with E-state index in [1.165, 1.54) is 12.0 Å². The van der Waals surface area contributed by atoms with E-state index in [1.807, 2.05) is 6.92 Å². The molecule has 0 amide bonds. The standard InChI is InChI=1S/C13H16O3/c1-7-6-9(14)13(15-2)11-10(7)8-4-3-5-16-12(8)11/h6,8,12,14H,3-5H2,1-2H3. The summed E-state index contributed by atoms with van der Waals surface area (Å²) < 4.78 is 11.0. The van der Waals surface area contributed by atoms with Crippen molar-refractivity contribution in [3.8, 4) is 11.5 Å². The Bertz CT molecular complexity index is 439. The fraction of sp³-hybridized carbons (Fsp3) is 0.538. The third-order valence-electron chi connectivity index (χ3n) is 3.73. The van der Waals surface area contributed by atoms with Gasteiger partial charge in [-0.1, -0.05) is 0 Å². The summed E-state index contributed by atoms with van der Waals surface area (Å²) in [5.41, 5.74) is 3.56. The highest BCUT2D eigenvalue weighted by molar-refractivity contribution is 5.61. The zero-order valence-electron chi connectivity index (χ0n) is 9.62. The van der Waals surface area contributed by atoms with Gasteiger partial charge >= 0.3 is 0 Å². The molecule has 1 N–H and O–H groups in total. The average molecular weight is 220 g/mol. The molecule has 0 aromatic heterocycles. The lowest BCUT2D eigenvalue weighted by molar-refractivity contribution is -0.0243. The minimum Gasteiger partial charge on any atom is -0.504 e. The lowest BCUT2D eigenvalue weighted by atomic mass is 9.68. The van der Waals surface area contributed by atoms with E-state index in [9.17, 15) is 5.11 Å². The summed E-state index contributed by atoms with van der Waals surface area (Å²) in [5.74, 6) is 1.34. The van der Waals surface area contributed by atoms with Gasteiger partial charge in [0.25, 0.3) is 0 Å². The molecule has 0 spiro atoms. The quantitative estimate of drug-likeness (QED) is 0.790. The molecule has 1 fully saturated rings. The van der Waals surface area contributed by atoms with Crippen molar-refractivity contribution in [1.82, 2.24) is 0 Å². The van der Waals surface area contributed by atoms with Crippen molar-refractivity contribution in [2.24, 2.45) is 0 Å². The Kier molecular flexibility index (Phi) is 2.11. The Balaban J connectivity index is 2.16. The summed E-state index contributed by atoms with van der Waals surface area (Å²) >= 11 is 0. The number of benzene rings is 1. The predicted molar refractivity (Wildman–Crippen MR) is 60.1 cm³/mol. The Morgan fingerprint density at radius 2 is 2.25 bits per heavy atom. The van der Waals surface area contributed by atoms with Crippen molar-refractivity contribution < 1.29 is 14.6 Å². The summed E-state index contributed by atoms with van der Waals surface area (Å²) in [4.78, 5) is 0. The molecule has 1 heterocycles. The van der Waals surface area contributed by atoms with Gasteiger partial charge in [0.1, 0.15) is 0 Å². The summed E-state index contributed by atoms with van der Waals surface area (Å²) in [6, 6.07) is 1.79. The second-order valence-electron chi connectivity index (χ2n) is 4.61. The van der Waals surface area contributed by atoms with Gasteiger partial charge in [-0.15, -0.1) is 0 Å². The van der Waals surface area contributed by atoms with E-state index in [2.05, 4.69) is 0 Å². The number of aromatic hydroxyl groups is 1. The molecule has 16 heavy (non-hydrogen) atoms. The van der Waals surface area contributed by atoms with Crippen LogP contribution >= 0.6 is 0 Å².